The lowest BCUT2D eigenvalue weighted by Gasteiger charge is -2.27. The van der Waals surface area contributed by atoms with Crippen LogP contribution in [0, 0.1) is 17.7 Å². The van der Waals surface area contributed by atoms with Crippen LogP contribution in [0.2, 0.25) is 0 Å². The zero-order valence-corrected chi connectivity index (χ0v) is 12.5. The Labute approximate surface area is 125 Å². The fourth-order valence-electron chi connectivity index (χ4n) is 2.62. The lowest BCUT2D eigenvalue weighted by atomic mass is 9.84. The van der Waals surface area contributed by atoms with E-state index in [1.165, 1.54) is 12.1 Å². The Morgan fingerprint density at radius 1 is 1.35 bits per heavy atom. The van der Waals surface area contributed by atoms with Crippen LogP contribution in [-0.4, -0.2) is 19.0 Å². The molecule has 1 aliphatic rings. The normalized spacial score (nSPS) is 17.1. The maximum atomic E-state index is 12.8. The average Bonchev–Trinajstić information content (AvgIpc) is 2.42. The van der Waals surface area contributed by atoms with E-state index in [-0.39, 0.29) is 24.1 Å². The number of benzene rings is 1. The summed E-state index contributed by atoms with van der Waals surface area (Å²) < 4.78 is 12.8. The highest BCUT2D eigenvalue weighted by atomic mass is 35.5. The van der Waals surface area contributed by atoms with Gasteiger partial charge in [0, 0.05) is 12.1 Å². The number of carbonyl (C=O) groups excluding carboxylic acids is 1. The second kappa shape index (κ2) is 8.22. The van der Waals surface area contributed by atoms with Crippen LogP contribution in [0.4, 0.5) is 10.1 Å². The maximum Gasteiger partial charge on any atom is 0.224 e. The van der Waals surface area contributed by atoms with Crippen molar-refractivity contribution in [3.63, 3.8) is 0 Å². The molecule has 20 heavy (non-hydrogen) atoms. The van der Waals surface area contributed by atoms with E-state index in [2.05, 4.69) is 17.6 Å². The van der Waals surface area contributed by atoms with Crippen molar-refractivity contribution in [1.29, 1.82) is 0 Å². The van der Waals surface area contributed by atoms with Crippen molar-refractivity contribution < 1.29 is 9.18 Å². The van der Waals surface area contributed by atoms with Gasteiger partial charge >= 0.3 is 0 Å². The smallest absolute Gasteiger partial charge is 0.224 e. The van der Waals surface area contributed by atoms with Gasteiger partial charge in [0.15, 0.2) is 0 Å². The van der Waals surface area contributed by atoms with Crippen LogP contribution < -0.4 is 10.6 Å². The number of anilines is 1. The van der Waals surface area contributed by atoms with E-state index in [0.717, 1.165) is 25.9 Å². The molecular formula is C15H22ClFN2O. The molecule has 0 radical (unpaired) electrons. The molecule has 1 atom stereocenters. The molecule has 1 amide bonds. The van der Waals surface area contributed by atoms with Crippen LogP contribution >= 0.6 is 12.4 Å². The van der Waals surface area contributed by atoms with E-state index in [0.29, 0.717) is 23.9 Å². The first-order chi connectivity index (χ1) is 9.15. The molecular weight excluding hydrogens is 279 g/mol. The molecule has 0 aromatic heterocycles. The number of amides is 1. The summed E-state index contributed by atoms with van der Waals surface area (Å²) in [7, 11) is 0. The molecule has 3 nitrogen and oxygen atoms in total. The Balaban J connectivity index is 0.00000200. The van der Waals surface area contributed by atoms with Gasteiger partial charge in [0.05, 0.1) is 0 Å². The first-order valence-corrected chi connectivity index (χ1v) is 6.91. The molecule has 1 unspecified atom stereocenters. The number of piperidine rings is 1. The molecule has 5 heteroatoms. The second-order valence-electron chi connectivity index (χ2n) is 5.32. The van der Waals surface area contributed by atoms with Crippen LogP contribution in [0.3, 0.4) is 0 Å². The standard InChI is InChI=1S/C15H21FN2O.ClH/c1-11(12-6-8-17-9-7-12)10-15(19)18-14-4-2-13(16)3-5-14;/h2-5,11-12,17H,6-10H2,1H3,(H,18,19);1H. The molecule has 1 heterocycles. The van der Waals surface area contributed by atoms with Gasteiger partial charge in [0.25, 0.3) is 0 Å². The van der Waals surface area contributed by atoms with E-state index in [9.17, 15) is 9.18 Å². The largest absolute Gasteiger partial charge is 0.326 e. The summed E-state index contributed by atoms with van der Waals surface area (Å²) in [5.41, 5.74) is 0.656. The predicted octanol–water partition coefficient (Wildman–Crippen LogP) is 3.21. The fraction of sp³-hybridized carbons (Fsp3) is 0.533. The number of nitrogens with one attached hydrogen (secondary N) is 2. The van der Waals surface area contributed by atoms with Gasteiger partial charge < -0.3 is 10.6 Å². The zero-order valence-electron chi connectivity index (χ0n) is 11.7. The van der Waals surface area contributed by atoms with Gasteiger partial charge in [-0.25, -0.2) is 4.39 Å². The minimum atomic E-state index is -0.291. The number of hydrogen-bond donors (Lipinski definition) is 2. The summed E-state index contributed by atoms with van der Waals surface area (Å²) in [6, 6.07) is 5.88. The number of halogens is 2. The van der Waals surface area contributed by atoms with Gasteiger partial charge in [-0.3, -0.25) is 4.79 Å². The quantitative estimate of drug-likeness (QED) is 0.896. The summed E-state index contributed by atoms with van der Waals surface area (Å²) in [5.74, 6) is 0.737. The molecule has 0 aliphatic carbocycles. The molecule has 1 aromatic carbocycles. The van der Waals surface area contributed by atoms with Gasteiger partial charge in [-0.1, -0.05) is 6.92 Å². The first-order valence-electron chi connectivity index (χ1n) is 6.91. The lowest BCUT2D eigenvalue weighted by Crippen LogP contribution is -2.32. The Hall–Kier alpha value is -1.13. The van der Waals surface area contributed by atoms with Crippen LogP contribution in [0.15, 0.2) is 24.3 Å². The molecule has 0 saturated carbocycles. The van der Waals surface area contributed by atoms with Crippen molar-refractivity contribution in [3.05, 3.63) is 30.1 Å². The number of rotatable bonds is 4. The molecule has 2 N–H and O–H groups in total. The van der Waals surface area contributed by atoms with E-state index in [1.54, 1.807) is 12.1 Å². The van der Waals surface area contributed by atoms with Gasteiger partial charge in [0.1, 0.15) is 5.82 Å². The molecule has 1 aromatic rings. The summed E-state index contributed by atoms with van der Waals surface area (Å²) in [6.07, 6.45) is 2.82. The van der Waals surface area contributed by atoms with Crippen LogP contribution in [0.25, 0.3) is 0 Å². The van der Waals surface area contributed by atoms with Gasteiger partial charge in [-0.2, -0.15) is 0 Å². The molecule has 112 valence electrons. The van der Waals surface area contributed by atoms with Crippen molar-refractivity contribution in [2.45, 2.75) is 26.2 Å². The van der Waals surface area contributed by atoms with Crippen molar-refractivity contribution in [3.8, 4) is 0 Å². The third-order valence-electron chi connectivity index (χ3n) is 3.82. The maximum absolute atomic E-state index is 12.8. The third kappa shape index (κ3) is 5.10. The molecule has 2 rings (SSSR count). The molecule has 1 aliphatic heterocycles. The fourth-order valence-corrected chi connectivity index (χ4v) is 2.62. The predicted molar refractivity (Wildman–Crippen MR) is 81.7 cm³/mol. The summed E-state index contributed by atoms with van der Waals surface area (Å²) in [4.78, 5) is 11.9. The second-order valence-corrected chi connectivity index (χ2v) is 5.32. The minimum Gasteiger partial charge on any atom is -0.326 e. The Morgan fingerprint density at radius 2 is 1.95 bits per heavy atom. The van der Waals surface area contributed by atoms with Gasteiger partial charge in [0.2, 0.25) is 5.91 Å². The van der Waals surface area contributed by atoms with E-state index in [4.69, 9.17) is 0 Å². The number of hydrogen-bond acceptors (Lipinski definition) is 2. The molecule has 0 bridgehead atoms. The zero-order chi connectivity index (χ0) is 13.7. The summed E-state index contributed by atoms with van der Waals surface area (Å²) >= 11 is 0. The highest BCUT2D eigenvalue weighted by molar-refractivity contribution is 5.90. The lowest BCUT2D eigenvalue weighted by molar-refractivity contribution is -0.117. The Bertz CT molecular complexity index is 418. The van der Waals surface area contributed by atoms with Gasteiger partial charge in [-0.15, -0.1) is 12.4 Å². The summed E-state index contributed by atoms with van der Waals surface area (Å²) in [6.45, 7) is 4.24. The summed E-state index contributed by atoms with van der Waals surface area (Å²) in [5, 5.41) is 6.15. The van der Waals surface area contributed by atoms with Crippen LogP contribution in [0.1, 0.15) is 26.2 Å². The van der Waals surface area contributed by atoms with Crippen molar-refractivity contribution in [2.24, 2.45) is 11.8 Å². The van der Waals surface area contributed by atoms with Crippen LogP contribution in [-0.2, 0) is 4.79 Å². The Morgan fingerprint density at radius 3 is 2.55 bits per heavy atom. The van der Waals surface area contributed by atoms with Crippen molar-refractivity contribution in [2.75, 3.05) is 18.4 Å². The molecule has 0 spiro atoms. The minimum absolute atomic E-state index is 0. The Kier molecular flexibility index (Phi) is 6.96. The average molecular weight is 301 g/mol. The SMILES string of the molecule is CC(CC(=O)Nc1ccc(F)cc1)C1CCNCC1.Cl. The monoisotopic (exact) mass is 300 g/mol. The van der Waals surface area contributed by atoms with Crippen molar-refractivity contribution >= 4 is 24.0 Å². The first kappa shape index (κ1) is 16.9. The van der Waals surface area contributed by atoms with E-state index in [1.807, 2.05) is 0 Å². The molecule has 1 saturated heterocycles. The van der Waals surface area contributed by atoms with E-state index < -0.39 is 0 Å². The van der Waals surface area contributed by atoms with Crippen LogP contribution in [0.5, 0.6) is 0 Å². The highest BCUT2D eigenvalue weighted by Gasteiger charge is 2.21. The molecule has 1 fully saturated rings. The van der Waals surface area contributed by atoms with Gasteiger partial charge in [-0.05, 0) is 62.0 Å². The number of carbonyl (C=O) groups is 1. The topological polar surface area (TPSA) is 41.1 Å². The van der Waals surface area contributed by atoms with Crippen molar-refractivity contribution in [1.82, 2.24) is 5.32 Å². The van der Waals surface area contributed by atoms with E-state index >= 15 is 0 Å². The highest BCUT2D eigenvalue weighted by Crippen LogP contribution is 2.24. The third-order valence-corrected chi connectivity index (χ3v) is 3.82.